The van der Waals surface area contributed by atoms with E-state index in [1.807, 2.05) is 24.3 Å². The first-order valence-corrected chi connectivity index (χ1v) is 9.88. The number of benzene rings is 1. The molecule has 1 atom stereocenters. The fourth-order valence-corrected chi connectivity index (χ4v) is 3.49. The Labute approximate surface area is 174 Å². The fourth-order valence-electron chi connectivity index (χ4n) is 3.49. The van der Waals surface area contributed by atoms with E-state index in [0.29, 0.717) is 30.4 Å². The lowest BCUT2D eigenvalue weighted by Gasteiger charge is -2.34. The van der Waals surface area contributed by atoms with Gasteiger partial charge in [-0.25, -0.2) is 0 Å². The van der Waals surface area contributed by atoms with E-state index in [9.17, 15) is 9.59 Å². The number of carbonyl (C=O) groups excluding carboxylic acids is 2. The standard InChI is InChI=1S/C21H24N4O5/c26-20(23-12-16-3-1-2-6-22-16)21(27)24-13-17(25-7-9-28-10-8-25)15-4-5-18-19(11-15)30-14-29-18/h1-6,11,17H,7-10,12-14H2,(H,23,26)(H,24,27)/t17-/m1/s1. The molecule has 1 aromatic carbocycles. The minimum absolute atomic E-state index is 0.115. The van der Waals surface area contributed by atoms with Crippen LogP contribution in [0.4, 0.5) is 0 Å². The maximum atomic E-state index is 12.3. The van der Waals surface area contributed by atoms with Crippen LogP contribution in [0, 0.1) is 0 Å². The number of pyridine rings is 1. The van der Waals surface area contributed by atoms with E-state index >= 15 is 0 Å². The first kappa shape index (κ1) is 20.1. The molecule has 9 heteroatoms. The van der Waals surface area contributed by atoms with Crippen molar-refractivity contribution in [3.63, 3.8) is 0 Å². The maximum absolute atomic E-state index is 12.3. The number of aromatic nitrogens is 1. The largest absolute Gasteiger partial charge is 0.454 e. The van der Waals surface area contributed by atoms with Crippen LogP contribution >= 0.6 is 0 Å². The normalized spacial score (nSPS) is 16.7. The van der Waals surface area contributed by atoms with Crippen LogP contribution in [0.3, 0.4) is 0 Å². The number of rotatable bonds is 6. The van der Waals surface area contributed by atoms with Gasteiger partial charge < -0.3 is 24.8 Å². The third-order valence-electron chi connectivity index (χ3n) is 5.09. The van der Waals surface area contributed by atoms with Crippen molar-refractivity contribution < 1.29 is 23.8 Å². The maximum Gasteiger partial charge on any atom is 0.309 e. The zero-order chi connectivity index (χ0) is 20.8. The van der Waals surface area contributed by atoms with Crippen LogP contribution < -0.4 is 20.1 Å². The van der Waals surface area contributed by atoms with Crippen LogP contribution in [0.15, 0.2) is 42.6 Å². The highest BCUT2D eigenvalue weighted by Crippen LogP contribution is 2.35. The van der Waals surface area contributed by atoms with Gasteiger partial charge in [0.1, 0.15) is 0 Å². The van der Waals surface area contributed by atoms with Crippen molar-refractivity contribution in [1.82, 2.24) is 20.5 Å². The number of amides is 2. The minimum Gasteiger partial charge on any atom is -0.454 e. The summed E-state index contributed by atoms with van der Waals surface area (Å²) in [6, 6.07) is 11.0. The third-order valence-corrected chi connectivity index (χ3v) is 5.09. The average molecular weight is 412 g/mol. The van der Waals surface area contributed by atoms with Crippen molar-refractivity contribution in [3.05, 3.63) is 53.9 Å². The van der Waals surface area contributed by atoms with Gasteiger partial charge in [0.25, 0.3) is 0 Å². The Bertz CT molecular complexity index is 886. The molecule has 158 valence electrons. The molecule has 30 heavy (non-hydrogen) atoms. The molecule has 4 rings (SSSR count). The molecule has 0 unspecified atom stereocenters. The highest BCUT2D eigenvalue weighted by molar-refractivity contribution is 6.35. The lowest BCUT2D eigenvalue weighted by atomic mass is 10.0. The van der Waals surface area contributed by atoms with E-state index in [2.05, 4.69) is 20.5 Å². The van der Waals surface area contributed by atoms with Gasteiger partial charge in [0.15, 0.2) is 11.5 Å². The van der Waals surface area contributed by atoms with Gasteiger partial charge in [-0.2, -0.15) is 0 Å². The summed E-state index contributed by atoms with van der Waals surface area (Å²) >= 11 is 0. The molecule has 1 fully saturated rings. The van der Waals surface area contributed by atoms with Gasteiger partial charge in [0.2, 0.25) is 6.79 Å². The second-order valence-corrected chi connectivity index (χ2v) is 6.99. The van der Waals surface area contributed by atoms with Gasteiger partial charge >= 0.3 is 11.8 Å². The Kier molecular flexibility index (Phi) is 6.41. The molecule has 2 N–H and O–H groups in total. The quantitative estimate of drug-likeness (QED) is 0.671. The van der Waals surface area contributed by atoms with E-state index in [4.69, 9.17) is 14.2 Å². The number of hydrogen-bond donors (Lipinski definition) is 2. The lowest BCUT2D eigenvalue weighted by molar-refractivity contribution is -0.139. The highest BCUT2D eigenvalue weighted by Gasteiger charge is 2.26. The first-order chi connectivity index (χ1) is 14.7. The predicted molar refractivity (Wildman–Crippen MR) is 107 cm³/mol. The van der Waals surface area contributed by atoms with E-state index in [1.54, 1.807) is 18.3 Å². The van der Waals surface area contributed by atoms with Crippen molar-refractivity contribution >= 4 is 11.8 Å². The molecular weight excluding hydrogens is 388 g/mol. The number of fused-ring (bicyclic) bond motifs is 1. The first-order valence-electron chi connectivity index (χ1n) is 9.88. The molecule has 0 radical (unpaired) electrons. The van der Waals surface area contributed by atoms with E-state index in [0.717, 1.165) is 18.7 Å². The number of carbonyl (C=O) groups is 2. The SMILES string of the molecule is O=C(NCc1ccccn1)C(=O)NC[C@H](c1ccc2c(c1)OCO2)N1CCOCC1. The lowest BCUT2D eigenvalue weighted by Crippen LogP contribution is -2.46. The zero-order valence-corrected chi connectivity index (χ0v) is 16.5. The van der Waals surface area contributed by atoms with Crippen LogP contribution in [-0.4, -0.2) is 61.3 Å². The minimum atomic E-state index is -0.688. The Morgan fingerprint density at radius 1 is 1.03 bits per heavy atom. The Balaban J connectivity index is 1.39. The molecule has 0 spiro atoms. The van der Waals surface area contributed by atoms with E-state index < -0.39 is 11.8 Å². The molecule has 2 aromatic rings. The summed E-state index contributed by atoms with van der Waals surface area (Å²) in [4.78, 5) is 30.9. The van der Waals surface area contributed by atoms with Crippen molar-refractivity contribution in [1.29, 1.82) is 0 Å². The van der Waals surface area contributed by atoms with Crippen LogP contribution in [0.1, 0.15) is 17.3 Å². The summed E-state index contributed by atoms with van der Waals surface area (Å²) in [5.74, 6) is 0.0274. The summed E-state index contributed by atoms with van der Waals surface area (Å²) in [7, 11) is 0. The number of ether oxygens (including phenoxy) is 3. The smallest absolute Gasteiger partial charge is 0.309 e. The average Bonchev–Trinajstić information content (AvgIpc) is 3.27. The molecule has 0 bridgehead atoms. The van der Waals surface area contributed by atoms with Crippen molar-refractivity contribution in [2.75, 3.05) is 39.6 Å². The van der Waals surface area contributed by atoms with Gasteiger partial charge in [-0.3, -0.25) is 19.5 Å². The van der Waals surface area contributed by atoms with Crippen LogP contribution in [0.25, 0.3) is 0 Å². The van der Waals surface area contributed by atoms with Crippen LogP contribution in [0.5, 0.6) is 11.5 Å². The molecule has 9 nitrogen and oxygen atoms in total. The Morgan fingerprint density at radius 3 is 2.63 bits per heavy atom. The third kappa shape index (κ3) is 4.87. The van der Waals surface area contributed by atoms with Crippen molar-refractivity contribution in [3.8, 4) is 11.5 Å². The summed E-state index contributed by atoms with van der Waals surface area (Å²) in [6.45, 7) is 3.41. The highest BCUT2D eigenvalue weighted by atomic mass is 16.7. The molecule has 2 aliphatic heterocycles. The molecule has 2 amide bonds. The second kappa shape index (κ2) is 9.55. The van der Waals surface area contributed by atoms with Gasteiger partial charge in [-0.1, -0.05) is 12.1 Å². The van der Waals surface area contributed by atoms with Gasteiger partial charge in [0.05, 0.1) is 31.5 Å². The van der Waals surface area contributed by atoms with E-state index in [-0.39, 0.29) is 25.9 Å². The fraction of sp³-hybridized carbons (Fsp3) is 0.381. The van der Waals surface area contributed by atoms with Crippen molar-refractivity contribution in [2.45, 2.75) is 12.6 Å². The molecule has 2 aliphatic rings. The topological polar surface area (TPSA) is 102 Å². The Hall–Kier alpha value is -3.17. The number of nitrogens with one attached hydrogen (secondary N) is 2. The number of hydrogen-bond acceptors (Lipinski definition) is 7. The van der Waals surface area contributed by atoms with Gasteiger partial charge in [0, 0.05) is 25.8 Å². The van der Waals surface area contributed by atoms with Crippen molar-refractivity contribution in [2.24, 2.45) is 0 Å². The molecule has 0 saturated carbocycles. The zero-order valence-electron chi connectivity index (χ0n) is 16.5. The van der Waals surface area contributed by atoms with Gasteiger partial charge in [-0.05, 0) is 29.8 Å². The van der Waals surface area contributed by atoms with Gasteiger partial charge in [-0.15, -0.1) is 0 Å². The van der Waals surface area contributed by atoms with Crippen LogP contribution in [0.2, 0.25) is 0 Å². The number of nitrogens with zero attached hydrogens (tertiary/aromatic N) is 2. The molecule has 1 aromatic heterocycles. The summed E-state index contributed by atoms with van der Waals surface area (Å²) < 4.78 is 16.3. The molecule has 0 aliphatic carbocycles. The Morgan fingerprint density at radius 2 is 1.83 bits per heavy atom. The summed E-state index contributed by atoms with van der Waals surface area (Å²) in [5.41, 5.74) is 1.67. The molecular formula is C21H24N4O5. The molecule has 1 saturated heterocycles. The second-order valence-electron chi connectivity index (χ2n) is 6.99. The molecule has 3 heterocycles. The number of morpholine rings is 1. The van der Waals surface area contributed by atoms with Crippen LogP contribution in [-0.2, 0) is 20.9 Å². The summed E-state index contributed by atoms with van der Waals surface area (Å²) in [5, 5.41) is 5.35. The van der Waals surface area contributed by atoms with E-state index in [1.165, 1.54) is 0 Å². The predicted octanol–water partition coefficient (Wildman–Crippen LogP) is 0.616. The summed E-state index contributed by atoms with van der Waals surface area (Å²) in [6.07, 6.45) is 1.64. The monoisotopic (exact) mass is 412 g/mol.